The summed E-state index contributed by atoms with van der Waals surface area (Å²) in [5.41, 5.74) is 7.90. The van der Waals surface area contributed by atoms with E-state index in [-0.39, 0.29) is 30.7 Å². The lowest BCUT2D eigenvalue weighted by Crippen LogP contribution is -2.34. The van der Waals surface area contributed by atoms with Crippen molar-refractivity contribution in [2.75, 3.05) is 46.1 Å². The van der Waals surface area contributed by atoms with Gasteiger partial charge in [0, 0.05) is 44.6 Å². The number of nitrogen functional groups attached to an aromatic ring is 1. The number of nitrogens with two attached hydrogens (primary N) is 1. The lowest BCUT2D eigenvalue weighted by atomic mass is 10.1. The fourth-order valence-electron chi connectivity index (χ4n) is 1.93. The van der Waals surface area contributed by atoms with Crippen molar-refractivity contribution in [1.29, 1.82) is 0 Å². The zero-order valence-electron chi connectivity index (χ0n) is 13.4. The fraction of sp³-hybridized carbons (Fsp3) is 0.533. The number of likely N-dealkylation sites (N-methyl/N-ethyl adjacent to an activating group) is 1. The Morgan fingerprint density at radius 1 is 1.32 bits per heavy atom. The van der Waals surface area contributed by atoms with Crippen LogP contribution in [0.1, 0.15) is 22.3 Å². The van der Waals surface area contributed by atoms with Crippen LogP contribution in [0.25, 0.3) is 0 Å². The van der Waals surface area contributed by atoms with Crippen LogP contribution in [0.15, 0.2) is 18.2 Å². The van der Waals surface area contributed by atoms with Crippen molar-refractivity contribution in [3.8, 4) is 0 Å². The molecule has 0 saturated carbocycles. The quantitative estimate of drug-likeness (QED) is 0.556. The Morgan fingerprint density at radius 2 is 2.00 bits per heavy atom. The molecule has 0 radical (unpaired) electrons. The Bertz CT molecular complexity index is 445. The third-order valence-electron chi connectivity index (χ3n) is 3.17. The second kappa shape index (κ2) is 12.5. The molecule has 1 aromatic rings. The van der Waals surface area contributed by atoms with E-state index < -0.39 is 0 Å². The highest BCUT2D eigenvalue weighted by molar-refractivity contribution is 5.96. The average molecular weight is 352 g/mol. The van der Waals surface area contributed by atoms with Gasteiger partial charge in [0.05, 0.1) is 0 Å². The van der Waals surface area contributed by atoms with Gasteiger partial charge in [-0.25, -0.2) is 0 Å². The van der Waals surface area contributed by atoms with E-state index in [1.165, 1.54) is 0 Å². The molecule has 128 valence electrons. The molecule has 1 aromatic carbocycles. The summed E-state index contributed by atoms with van der Waals surface area (Å²) in [4.78, 5) is 14.2. The number of carbonyl (C=O) groups is 1. The van der Waals surface area contributed by atoms with Crippen LogP contribution in [-0.2, 0) is 4.74 Å². The van der Waals surface area contributed by atoms with Gasteiger partial charge in [-0.05, 0) is 38.1 Å². The van der Waals surface area contributed by atoms with Crippen LogP contribution in [0.4, 0.5) is 5.69 Å². The van der Waals surface area contributed by atoms with Gasteiger partial charge in [0.2, 0.25) is 0 Å². The van der Waals surface area contributed by atoms with E-state index in [1.807, 2.05) is 20.0 Å². The fourth-order valence-corrected chi connectivity index (χ4v) is 1.93. The summed E-state index contributed by atoms with van der Waals surface area (Å²) in [7, 11) is 3.74. The van der Waals surface area contributed by atoms with Gasteiger partial charge < -0.3 is 20.7 Å². The monoisotopic (exact) mass is 351 g/mol. The van der Waals surface area contributed by atoms with Gasteiger partial charge in [0.25, 0.3) is 5.91 Å². The maximum absolute atomic E-state index is 12.1. The van der Waals surface area contributed by atoms with Gasteiger partial charge in [0.1, 0.15) is 0 Å². The first kappa shape index (κ1) is 23.3. The minimum absolute atomic E-state index is 0. The van der Waals surface area contributed by atoms with Gasteiger partial charge in [-0.1, -0.05) is 6.07 Å². The Kier molecular flexibility index (Phi) is 13.2. The minimum atomic E-state index is -0.0694. The number of benzene rings is 1. The van der Waals surface area contributed by atoms with Crippen molar-refractivity contribution >= 4 is 36.4 Å². The number of amides is 1. The second-order valence-electron chi connectivity index (χ2n) is 4.98. The smallest absolute Gasteiger partial charge is 0.251 e. The summed E-state index contributed by atoms with van der Waals surface area (Å²) in [6.45, 7) is 5.07. The van der Waals surface area contributed by atoms with Crippen molar-refractivity contribution in [3.63, 3.8) is 0 Å². The normalized spacial score (nSPS) is 9.82. The molecule has 0 saturated heterocycles. The predicted octanol–water partition coefficient (Wildman–Crippen LogP) is 2.12. The van der Waals surface area contributed by atoms with Crippen LogP contribution in [0.5, 0.6) is 0 Å². The third-order valence-corrected chi connectivity index (χ3v) is 3.17. The molecule has 3 N–H and O–H groups in total. The third kappa shape index (κ3) is 8.44. The molecule has 0 aromatic heterocycles. The number of hydrogen-bond acceptors (Lipinski definition) is 4. The molecular weight excluding hydrogens is 325 g/mol. The summed E-state index contributed by atoms with van der Waals surface area (Å²) in [5.74, 6) is -0.0694. The standard InChI is InChI=1S/C15H25N3O2.2ClH/c1-12-5-6-13(16)11-14(12)15(19)17-7-9-18(2)8-4-10-20-3;;/h5-6,11H,4,7-10,16H2,1-3H3,(H,17,19);2*1H. The van der Waals surface area contributed by atoms with E-state index in [1.54, 1.807) is 19.2 Å². The van der Waals surface area contributed by atoms with Crippen molar-refractivity contribution in [3.05, 3.63) is 29.3 Å². The molecule has 1 amide bonds. The number of halogens is 2. The van der Waals surface area contributed by atoms with Crippen molar-refractivity contribution < 1.29 is 9.53 Å². The lowest BCUT2D eigenvalue weighted by molar-refractivity contribution is 0.0948. The first-order valence-corrected chi connectivity index (χ1v) is 6.86. The van der Waals surface area contributed by atoms with E-state index >= 15 is 0 Å². The lowest BCUT2D eigenvalue weighted by Gasteiger charge is -2.16. The number of methoxy groups -OCH3 is 1. The molecule has 0 bridgehead atoms. The molecule has 22 heavy (non-hydrogen) atoms. The molecule has 1 rings (SSSR count). The molecule has 0 spiro atoms. The van der Waals surface area contributed by atoms with Crippen molar-refractivity contribution in [2.24, 2.45) is 0 Å². The van der Waals surface area contributed by atoms with Crippen LogP contribution in [0, 0.1) is 6.92 Å². The predicted molar refractivity (Wildman–Crippen MR) is 96.4 cm³/mol. The zero-order chi connectivity index (χ0) is 15.0. The summed E-state index contributed by atoms with van der Waals surface area (Å²) in [5, 5.41) is 2.92. The Balaban J connectivity index is 0. The van der Waals surface area contributed by atoms with Crippen molar-refractivity contribution in [2.45, 2.75) is 13.3 Å². The highest BCUT2D eigenvalue weighted by atomic mass is 35.5. The SMILES string of the molecule is COCCCN(C)CCNC(=O)c1cc(N)ccc1C.Cl.Cl. The van der Waals surface area contributed by atoms with Gasteiger partial charge in [-0.2, -0.15) is 0 Å². The van der Waals surface area contributed by atoms with E-state index in [4.69, 9.17) is 10.5 Å². The van der Waals surface area contributed by atoms with E-state index in [9.17, 15) is 4.79 Å². The minimum Gasteiger partial charge on any atom is -0.399 e. The second-order valence-corrected chi connectivity index (χ2v) is 4.98. The van der Waals surface area contributed by atoms with Crippen LogP contribution < -0.4 is 11.1 Å². The van der Waals surface area contributed by atoms with Crippen molar-refractivity contribution in [1.82, 2.24) is 10.2 Å². The van der Waals surface area contributed by atoms with E-state index in [2.05, 4.69) is 10.2 Å². The van der Waals surface area contributed by atoms with E-state index in [0.29, 0.717) is 17.8 Å². The van der Waals surface area contributed by atoms with E-state index in [0.717, 1.165) is 31.7 Å². The molecule has 0 atom stereocenters. The van der Waals surface area contributed by atoms with Crippen LogP contribution in [0.2, 0.25) is 0 Å². The van der Waals surface area contributed by atoms with Crippen LogP contribution >= 0.6 is 24.8 Å². The Labute approximate surface area is 145 Å². The summed E-state index contributed by atoms with van der Waals surface area (Å²) in [6, 6.07) is 5.38. The average Bonchev–Trinajstić information content (AvgIpc) is 2.41. The largest absolute Gasteiger partial charge is 0.399 e. The molecule has 7 heteroatoms. The maximum Gasteiger partial charge on any atom is 0.251 e. The van der Waals surface area contributed by atoms with Gasteiger partial charge >= 0.3 is 0 Å². The van der Waals surface area contributed by atoms with Crippen LogP contribution in [-0.4, -0.2) is 51.2 Å². The number of hydrogen-bond donors (Lipinski definition) is 2. The molecule has 0 aliphatic rings. The molecule has 0 aliphatic carbocycles. The molecule has 0 heterocycles. The first-order valence-electron chi connectivity index (χ1n) is 6.86. The summed E-state index contributed by atoms with van der Waals surface area (Å²) in [6.07, 6.45) is 0.995. The van der Waals surface area contributed by atoms with Gasteiger partial charge in [-0.3, -0.25) is 4.79 Å². The van der Waals surface area contributed by atoms with Gasteiger partial charge in [0.15, 0.2) is 0 Å². The number of nitrogens with zero attached hydrogens (tertiary/aromatic N) is 1. The number of anilines is 1. The Morgan fingerprint density at radius 3 is 2.64 bits per heavy atom. The van der Waals surface area contributed by atoms with Gasteiger partial charge in [-0.15, -0.1) is 24.8 Å². The highest BCUT2D eigenvalue weighted by Gasteiger charge is 2.09. The van der Waals surface area contributed by atoms with Crippen LogP contribution in [0.3, 0.4) is 0 Å². The Hall–Kier alpha value is -1.01. The molecule has 0 unspecified atom stereocenters. The highest BCUT2D eigenvalue weighted by Crippen LogP contribution is 2.12. The zero-order valence-corrected chi connectivity index (χ0v) is 15.1. The topological polar surface area (TPSA) is 67.6 Å². The molecule has 5 nitrogen and oxygen atoms in total. The number of carbonyl (C=O) groups excluding carboxylic acids is 1. The molecular formula is C15H27Cl2N3O2. The number of aryl methyl sites for hydroxylation is 1. The number of ether oxygens (including phenoxy) is 1. The molecule has 0 fully saturated rings. The summed E-state index contributed by atoms with van der Waals surface area (Å²) >= 11 is 0. The molecule has 0 aliphatic heterocycles. The maximum atomic E-state index is 12.1. The summed E-state index contributed by atoms with van der Waals surface area (Å²) < 4.78 is 5.01. The number of rotatable bonds is 8. The number of nitrogens with one attached hydrogen (secondary N) is 1. The first-order chi connectivity index (χ1) is 9.54.